The lowest BCUT2D eigenvalue weighted by Gasteiger charge is -2.46. The second kappa shape index (κ2) is 12.1. The Morgan fingerprint density at radius 1 is 0.333 bits per heavy atom. The standard InChI is InChI=1S/C18H26F16O6Si2/c1-9(41(35-3,36-4)37-5)11(19,20)13(23,24)15(27,28)17(31,32)18(33,34)16(29,30)14(25,26)12(21,22)10(2)42(38-6,39-7)40-8/h9-10H,1-8H3. The molecule has 0 bridgehead atoms. The fourth-order valence-corrected chi connectivity index (χ4v) is 8.13. The highest BCUT2D eigenvalue weighted by Crippen LogP contribution is 2.66. The molecule has 0 aromatic rings. The Balaban J connectivity index is 7.22. The highest BCUT2D eigenvalue weighted by atomic mass is 28.4. The van der Waals surface area contributed by atoms with Gasteiger partial charge in [0.05, 0.1) is 11.1 Å². The summed E-state index contributed by atoms with van der Waals surface area (Å²) in [6, 6.07) is 0. The van der Waals surface area contributed by atoms with Crippen molar-refractivity contribution in [1.29, 1.82) is 0 Å². The summed E-state index contributed by atoms with van der Waals surface area (Å²) in [5.74, 6) is -62.9. The third-order valence-electron chi connectivity index (χ3n) is 6.66. The molecule has 0 aliphatic carbocycles. The van der Waals surface area contributed by atoms with Crippen LogP contribution in [0, 0.1) is 0 Å². The van der Waals surface area contributed by atoms with E-state index in [4.69, 9.17) is 0 Å². The van der Waals surface area contributed by atoms with Gasteiger partial charge in [-0.15, -0.1) is 0 Å². The molecule has 0 heterocycles. The lowest BCUT2D eigenvalue weighted by molar-refractivity contribution is -0.453. The van der Waals surface area contributed by atoms with E-state index in [-0.39, 0.29) is 13.8 Å². The number of hydrogen-bond acceptors (Lipinski definition) is 6. The van der Waals surface area contributed by atoms with E-state index >= 15 is 0 Å². The largest absolute Gasteiger partial charge is 0.509 e. The number of hydrogen-bond donors (Lipinski definition) is 0. The van der Waals surface area contributed by atoms with Crippen LogP contribution < -0.4 is 0 Å². The number of halogens is 16. The van der Waals surface area contributed by atoms with Crippen LogP contribution >= 0.6 is 0 Å². The lowest BCUT2D eigenvalue weighted by Crippen LogP contribution is -2.76. The average Bonchev–Trinajstić information content (AvgIpc) is 2.90. The number of rotatable bonds is 17. The van der Waals surface area contributed by atoms with Crippen LogP contribution in [-0.4, -0.2) is 108 Å². The normalized spacial score (nSPS) is 17.4. The van der Waals surface area contributed by atoms with Crippen molar-refractivity contribution < 1.29 is 96.8 Å². The van der Waals surface area contributed by atoms with Crippen molar-refractivity contribution in [2.45, 2.75) is 72.3 Å². The van der Waals surface area contributed by atoms with Crippen molar-refractivity contribution in [2.75, 3.05) is 42.7 Å². The number of alkyl halides is 16. The zero-order valence-electron chi connectivity index (χ0n) is 22.7. The molecule has 0 aliphatic rings. The summed E-state index contributed by atoms with van der Waals surface area (Å²) >= 11 is 0. The fraction of sp³-hybridized carbons (Fsp3) is 1.00. The van der Waals surface area contributed by atoms with Gasteiger partial charge in [-0.05, 0) is 0 Å². The van der Waals surface area contributed by atoms with Crippen LogP contribution in [-0.2, 0) is 26.6 Å². The molecule has 0 spiro atoms. The van der Waals surface area contributed by atoms with Crippen LogP contribution in [0.25, 0.3) is 0 Å². The first-order valence-electron chi connectivity index (χ1n) is 10.8. The van der Waals surface area contributed by atoms with E-state index in [9.17, 15) is 70.2 Å². The van der Waals surface area contributed by atoms with Gasteiger partial charge >= 0.3 is 65.0 Å². The van der Waals surface area contributed by atoms with Crippen molar-refractivity contribution >= 4 is 17.6 Å². The maximum Gasteiger partial charge on any atom is 0.509 e. The van der Waals surface area contributed by atoms with Crippen molar-refractivity contribution in [2.24, 2.45) is 0 Å². The van der Waals surface area contributed by atoms with Crippen molar-refractivity contribution in [3.63, 3.8) is 0 Å². The summed E-state index contributed by atoms with van der Waals surface area (Å²) in [6.45, 7) is -0.240. The van der Waals surface area contributed by atoms with Gasteiger partial charge in [-0.1, -0.05) is 13.8 Å². The molecule has 2 unspecified atom stereocenters. The van der Waals surface area contributed by atoms with Crippen molar-refractivity contribution in [1.82, 2.24) is 0 Å². The highest BCUT2D eigenvalue weighted by molar-refractivity contribution is 6.63. The molecule has 0 aromatic carbocycles. The fourth-order valence-electron chi connectivity index (χ4n) is 3.76. The highest BCUT2D eigenvalue weighted by Gasteiger charge is 2.96. The Morgan fingerprint density at radius 2 is 0.476 bits per heavy atom. The van der Waals surface area contributed by atoms with E-state index in [1.54, 1.807) is 0 Å². The van der Waals surface area contributed by atoms with Crippen LogP contribution in [0.15, 0.2) is 0 Å². The minimum absolute atomic E-state index is 0.120. The summed E-state index contributed by atoms with van der Waals surface area (Å²) in [5.41, 5.74) is -7.06. The first-order chi connectivity index (χ1) is 18.4. The maximum atomic E-state index is 14.6. The third kappa shape index (κ3) is 5.23. The first-order valence-corrected chi connectivity index (χ1v) is 14.4. The van der Waals surface area contributed by atoms with Gasteiger partial charge in [0, 0.05) is 42.7 Å². The van der Waals surface area contributed by atoms with Crippen LogP contribution in [0.3, 0.4) is 0 Å². The minimum Gasteiger partial charge on any atom is -0.377 e. The smallest absolute Gasteiger partial charge is 0.377 e. The molecular weight excluding hydrogens is 672 g/mol. The minimum atomic E-state index is -8.59. The Bertz CT molecular complexity index is 826. The monoisotopic (exact) mass is 698 g/mol. The van der Waals surface area contributed by atoms with Gasteiger partial charge in [0.15, 0.2) is 0 Å². The van der Waals surface area contributed by atoms with Crippen LogP contribution in [0.1, 0.15) is 13.8 Å². The zero-order chi connectivity index (χ0) is 34.4. The second-order valence-electron chi connectivity index (χ2n) is 8.57. The van der Waals surface area contributed by atoms with Gasteiger partial charge in [-0.25, -0.2) is 0 Å². The molecule has 2 atom stereocenters. The molecule has 6 nitrogen and oxygen atoms in total. The molecule has 0 amide bonds. The first kappa shape index (κ1) is 41.1. The molecule has 0 saturated heterocycles. The quantitative estimate of drug-likeness (QED) is 0.126. The van der Waals surface area contributed by atoms with Gasteiger partial charge in [-0.2, -0.15) is 70.2 Å². The van der Waals surface area contributed by atoms with E-state index in [0.29, 0.717) is 42.7 Å². The predicted molar refractivity (Wildman–Crippen MR) is 112 cm³/mol. The molecule has 0 aliphatic heterocycles. The molecule has 0 fully saturated rings. The van der Waals surface area contributed by atoms with Crippen LogP contribution in [0.4, 0.5) is 70.2 Å². The summed E-state index contributed by atoms with van der Waals surface area (Å²) in [6.07, 6.45) is 0. The molecule has 0 radical (unpaired) electrons. The molecular formula is C18H26F16O6Si2. The lowest BCUT2D eigenvalue weighted by atomic mass is 9.86. The van der Waals surface area contributed by atoms with E-state index in [1.165, 1.54) is 0 Å². The van der Waals surface area contributed by atoms with Crippen LogP contribution in [0.2, 0.25) is 11.1 Å². The molecule has 24 heteroatoms. The summed E-state index contributed by atoms with van der Waals surface area (Å²) in [5, 5.41) is 0. The van der Waals surface area contributed by atoms with Gasteiger partial charge in [0.25, 0.3) is 0 Å². The molecule has 0 aromatic heterocycles. The van der Waals surface area contributed by atoms with Gasteiger partial charge in [-0.3, -0.25) is 0 Å². The molecule has 0 rings (SSSR count). The molecule has 0 N–H and O–H groups in total. The Morgan fingerprint density at radius 3 is 0.619 bits per heavy atom. The van der Waals surface area contributed by atoms with Gasteiger partial charge in [0.1, 0.15) is 0 Å². The van der Waals surface area contributed by atoms with Gasteiger partial charge < -0.3 is 26.6 Å². The molecule has 254 valence electrons. The van der Waals surface area contributed by atoms with Crippen molar-refractivity contribution in [3.8, 4) is 0 Å². The Hall–Kier alpha value is -0.926. The average molecular weight is 699 g/mol. The third-order valence-corrected chi connectivity index (χ3v) is 12.9. The second-order valence-corrected chi connectivity index (χ2v) is 15.2. The van der Waals surface area contributed by atoms with Gasteiger partial charge in [0.2, 0.25) is 0 Å². The topological polar surface area (TPSA) is 55.4 Å². The molecule has 42 heavy (non-hydrogen) atoms. The predicted octanol–water partition coefficient (Wildman–Crippen LogP) is 6.61. The van der Waals surface area contributed by atoms with E-state index in [0.717, 1.165) is 0 Å². The summed E-state index contributed by atoms with van der Waals surface area (Å²) in [7, 11) is -7.95. The maximum absolute atomic E-state index is 14.6. The summed E-state index contributed by atoms with van der Waals surface area (Å²) in [4.78, 5) is 0. The summed E-state index contributed by atoms with van der Waals surface area (Å²) < 4.78 is 257. The zero-order valence-corrected chi connectivity index (χ0v) is 24.7. The Kier molecular flexibility index (Phi) is 11.8. The van der Waals surface area contributed by atoms with E-state index in [2.05, 4.69) is 26.6 Å². The van der Waals surface area contributed by atoms with E-state index < -0.39 is 76.1 Å². The SMILES string of the molecule is CO[Si](OC)(OC)C(C)C(F)(F)C(F)(F)C(F)(F)C(F)(F)C(F)(F)C(F)(F)C(F)(F)C(F)(F)C(C)[Si](OC)(OC)OC. The van der Waals surface area contributed by atoms with Crippen molar-refractivity contribution in [3.05, 3.63) is 0 Å². The Labute approximate surface area is 230 Å². The van der Waals surface area contributed by atoms with E-state index in [1.807, 2.05) is 0 Å². The van der Waals surface area contributed by atoms with Crippen LogP contribution in [0.5, 0.6) is 0 Å². The molecule has 0 saturated carbocycles.